The lowest BCUT2D eigenvalue weighted by atomic mass is 9.94. The number of aromatic amines is 1. The van der Waals surface area contributed by atoms with Crippen LogP contribution in [0.3, 0.4) is 0 Å². The lowest BCUT2D eigenvalue weighted by Gasteiger charge is -2.27. The first kappa shape index (κ1) is 20.3. The van der Waals surface area contributed by atoms with Crippen molar-refractivity contribution in [3.8, 4) is 6.07 Å². The van der Waals surface area contributed by atoms with E-state index in [0.29, 0.717) is 18.5 Å². The number of nitrogens with one attached hydrogen (secondary N) is 1. The highest BCUT2D eigenvalue weighted by atomic mass is 19.2. The fourth-order valence-electron chi connectivity index (χ4n) is 5.08. The van der Waals surface area contributed by atoms with Gasteiger partial charge in [-0.25, -0.2) is 8.78 Å². The lowest BCUT2D eigenvalue weighted by Crippen LogP contribution is -2.39. The molecule has 0 radical (unpaired) electrons. The van der Waals surface area contributed by atoms with Crippen LogP contribution in [-0.4, -0.2) is 34.6 Å². The standard InChI is InChI=1S/C24H20F2N4O2/c1-12-16(24(32)29-19-5-4-18(25)22(26)21(12)19)9-20(31)30-11-14-7-15(30)8-17(14)23-13(10-27)3-2-6-28-23/h4-6,8,14-15H,2-3,7,9,11H2,1H3,(H,29,32). The molecule has 3 heterocycles. The van der Waals surface area contributed by atoms with Crippen molar-refractivity contribution in [3.63, 3.8) is 0 Å². The number of aliphatic imine (C=N–C) groups is 1. The average Bonchev–Trinajstić information content (AvgIpc) is 3.40. The summed E-state index contributed by atoms with van der Waals surface area (Å²) in [6.45, 7) is 2.02. The number of likely N-dealkylation sites (tertiary alicyclic amines) is 1. The number of fused-ring (bicyclic) bond motifs is 3. The number of hydrogen-bond acceptors (Lipinski definition) is 4. The molecule has 1 aliphatic carbocycles. The number of hydrogen-bond donors (Lipinski definition) is 1. The number of carbonyl (C=O) groups excluding carboxylic acids is 1. The Labute approximate surface area is 182 Å². The minimum atomic E-state index is -1.03. The van der Waals surface area contributed by atoms with Gasteiger partial charge in [-0.3, -0.25) is 14.6 Å². The van der Waals surface area contributed by atoms with Gasteiger partial charge < -0.3 is 9.88 Å². The summed E-state index contributed by atoms with van der Waals surface area (Å²) < 4.78 is 28.1. The van der Waals surface area contributed by atoms with Gasteiger partial charge in [0.2, 0.25) is 5.91 Å². The van der Waals surface area contributed by atoms with E-state index >= 15 is 0 Å². The number of H-pyrrole nitrogens is 1. The lowest BCUT2D eigenvalue weighted by molar-refractivity contribution is -0.130. The summed E-state index contributed by atoms with van der Waals surface area (Å²) in [5, 5.41) is 9.39. The van der Waals surface area contributed by atoms with Crippen molar-refractivity contribution in [2.45, 2.75) is 38.6 Å². The molecule has 1 aromatic heterocycles. The Morgan fingerprint density at radius 3 is 2.91 bits per heavy atom. The van der Waals surface area contributed by atoms with Crippen LogP contribution in [0.4, 0.5) is 8.78 Å². The van der Waals surface area contributed by atoms with Crippen molar-refractivity contribution in [3.05, 3.63) is 68.2 Å². The molecule has 1 amide bonds. The summed E-state index contributed by atoms with van der Waals surface area (Å²) in [6.07, 6.45) is 5.81. The third-order valence-corrected chi connectivity index (χ3v) is 6.69. The Balaban J connectivity index is 1.43. The van der Waals surface area contributed by atoms with Gasteiger partial charge in [-0.2, -0.15) is 5.26 Å². The minimum absolute atomic E-state index is 0.0105. The molecular formula is C24H20F2N4O2. The van der Waals surface area contributed by atoms with E-state index in [2.05, 4.69) is 16.0 Å². The zero-order chi connectivity index (χ0) is 22.6. The highest BCUT2D eigenvalue weighted by Crippen LogP contribution is 2.42. The molecule has 1 saturated heterocycles. The van der Waals surface area contributed by atoms with E-state index in [1.807, 2.05) is 12.3 Å². The Kier molecular flexibility index (Phi) is 4.77. The summed E-state index contributed by atoms with van der Waals surface area (Å²) >= 11 is 0. The van der Waals surface area contributed by atoms with Gasteiger partial charge in [0.1, 0.15) is 0 Å². The summed E-state index contributed by atoms with van der Waals surface area (Å²) in [4.78, 5) is 34.4. The summed E-state index contributed by atoms with van der Waals surface area (Å²) in [5.74, 6) is -2.18. The molecule has 32 heavy (non-hydrogen) atoms. The molecule has 8 heteroatoms. The molecule has 2 bridgehead atoms. The number of carbonyl (C=O) groups is 1. The van der Waals surface area contributed by atoms with Crippen molar-refractivity contribution in [1.82, 2.24) is 9.88 Å². The average molecular weight is 434 g/mol. The number of benzene rings is 1. The number of amides is 1. The highest BCUT2D eigenvalue weighted by Gasteiger charge is 2.42. The van der Waals surface area contributed by atoms with Crippen molar-refractivity contribution >= 4 is 23.0 Å². The fraction of sp³-hybridized carbons (Fsp3) is 0.333. The Morgan fingerprint density at radius 1 is 1.38 bits per heavy atom. The molecule has 1 aromatic carbocycles. The van der Waals surface area contributed by atoms with Crippen LogP contribution in [0.15, 0.2) is 44.8 Å². The summed E-state index contributed by atoms with van der Waals surface area (Å²) in [7, 11) is 0. The number of aryl methyl sites for hydroxylation is 1. The van der Waals surface area contributed by atoms with E-state index in [4.69, 9.17) is 0 Å². The van der Waals surface area contributed by atoms with Crippen molar-refractivity contribution in [2.24, 2.45) is 10.9 Å². The number of halogens is 2. The predicted molar refractivity (Wildman–Crippen MR) is 115 cm³/mol. The molecule has 0 spiro atoms. The van der Waals surface area contributed by atoms with Crippen LogP contribution in [-0.2, 0) is 11.2 Å². The smallest absolute Gasteiger partial charge is 0.252 e. The second-order valence-electron chi connectivity index (χ2n) is 8.48. The summed E-state index contributed by atoms with van der Waals surface area (Å²) in [6, 6.07) is 4.40. The predicted octanol–water partition coefficient (Wildman–Crippen LogP) is 3.46. The number of allylic oxidation sites excluding steroid dienone is 2. The topological polar surface area (TPSA) is 89.3 Å². The maximum Gasteiger partial charge on any atom is 0.252 e. The van der Waals surface area contributed by atoms with E-state index in [1.54, 1.807) is 4.90 Å². The molecule has 162 valence electrons. The molecule has 0 saturated carbocycles. The first-order valence-electron chi connectivity index (χ1n) is 10.6. The minimum Gasteiger partial charge on any atom is -0.335 e. The van der Waals surface area contributed by atoms with Crippen LogP contribution in [0.2, 0.25) is 0 Å². The molecule has 2 unspecified atom stereocenters. The second kappa shape index (κ2) is 7.52. The van der Waals surface area contributed by atoms with Gasteiger partial charge >= 0.3 is 0 Å². The number of rotatable bonds is 3. The van der Waals surface area contributed by atoms with Crippen molar-refractivity contribution in [1.29, 1.82) is 5.26 Å². The van der Waals surface area contributed by atoms with Crippen molar-refractivity contribution < 1.29 is 13.6 Å². The van der Waals surface area contributed by atoms with Crippen molar-refractivity contribution in [2.75, 3.05) is 6.54 Å². The van der Waals surface area contributed by atoms with Gasteiger partial charge in [-0.15, -0.1) is 0 Å². The van der Waals surface area contributed by atoms with Gasteiger partial charge in [0.05, 0.1) is 35.3 Å². The largest absolute Gasteiger partial charge is 0.335 e. The SMILES string of the molecule is Cc1c(CC(=O)N2CC3CC2C=C3C2=C(C#N)CCC=N2)c(=O)[nH]c2ccc(F)c(F)c12. The first-order chi connectivity index (χ1) is 15.4. The molecule has 5 rings (SSSR count). The van der Waals surface area contributed by atoms with E-state index in [9.17, 15) is 23.6 Å². The van der Waals surface area contributed by atoms with Gasteiger partial charge in [0.15, 0.2) is 11.6 Å². The van der Waals surface area contributed by atoms with Crippen LogP contribution in [0.1, 0.15) is 30.4 Å². The van der Waals surface area contributed by atoms with Crippen LogP contribution in [0.5, 0.6) is 0 Å². The van der Waals surface area contributed by atoms with Gasteiger partial charge in [-0.1, -0.05) is 6.08 Å². The third kappa shape index (κ3) is 3.08. The van der Waals surface area contributed by atoms with Gasteiger partial charge in [0, 0.05) is 29.6 Å². The first-order valence-corrected chi connectivity index (χ1v) is 10.6. The maximum atomic E-state index is 14.4. The number of nitriles is 1. The Hall–Kier alpha value is -3.60. The quantitative estimate of drug-likeness (QED) is 0.802. The zero-order valence-electron chi connectivity index (χ0n) is 17.4. The Morgan fingerprint density at radius 2 is 2.19 bits per heavy atom. The van der Waals surface area contributed by atoms with Crippen LogP contribution in [0.25, 0.3) is 10.9 Å². The maximum absolute atomic E-state index is 14.4. The molecule has 3 aliphatic rings. The highest BCUT2D eigenvalue weighted by molar-refractivity contribution is 5.86. The molecule has 2 atom stereocenters. The molecule has 6 nitrogen and oxygen atoms in total. The molecule has 1 fully saturated rings. The normalized spacial score (nSPS) is 21.9. The van der Waals surface area contributed by atoms with Crippen LogP contribution in [0, 0.1) is 35.8 Å². The van der Waals surface area contributed by atoms with Gasteiger partial charge in [-0.05, 0) is 49.5 Å². The number of aromatic nitrogens is 1. The molecule has 2 aromatic rings. The van der Waals surface area contributed by atoms with E-state index < -0.39 is 17.2 Å². The van der Waals surface area contributed by atoms with E-state index in [-0.39, 0.29) is 46.3 Å². The Bertz CT molecular complexity index is 1360. The molecule has 2 aliphatic heterocycles. The van der Waals surface area contributed by atoms with Crippen LogP contribution < -0.4 is 5.56 Å². The monoisotopic (exact) mass is 434 g/mol. The molecule has 1 N–H and O–H groups in total. The van der Waals surface area contributed by atoms with E-state index in [1.165, 1.54) is 13.0 Å². The zero-order valence-corrected chi connectivity index (χ0v) is 17.4. The third-order valence-electron chi connectivity index (χ3n) is 6.69. The number of nitrogens with zero attached hydrogens (tertiary/aromatic N) is 3. The van der Waals surface area contributed by atoms with Crippen LogP contribution >= 0.6 is 0 Å². The second-order valence-corrected chi connectivity index (χ2v) is 8.48. The molecular weight excluding hydrogens is 414 g/mol. The van der Waals surface area contributed by atoms with E-state index in [0.717, 1.165) is 30.2 Å². The van der Waals surface area contributed by atoms with Gasteiger partial charge in [0.25, 0.3) is 5.56 Å². The fourth-order valence-corrected chi connectivity index (χ4v) is 5.08. The summed E-state index contributed by atoms with van der Waals surface area (Å²) in [5.41, 5.74) is 2.57. The number of pyridine rings is 1.